The molecule has 1 amide bonds. The minimum atomic E-state index is -4.53. The molecule has 0 spiro atoms. The maximum absolute atomic E-state index is 12.7. The summed E-state index contributed by atoms with van der Waals surface area (Å²) in [7, 11) is -4.53. The van der Waals surface area contributed by atoms with Crippen LogP contribution in [0.3, 0.4) is 0 Å². The van der Waals surface area contributed by atoms with Crippen molar-refractivity contribution in [3.8, 4) is 0 Å². The predicted octanol–water partition coefficient (Wildman–Crippen LogP) is 11.5. The van der Waals surface area contributed by atoms with E-state index in [1.807, 2.05) is 0 Å². The number of carbonyl (C=O) groups is 3. The number of unbranched alkanes of at least 4 members (excludes halogenated alkanes) is 22. The lowest BCUT2D eigenvalue weighted by atomic mass is 10.1. The number of hydrogen-bond donors (Lipinski definition) is 3. The second-order valence-corrected chi connectivity index (χ2v) is 16.8. The number of amides is 1. The van der Waals surface area contributed by atoms with Crippen LogP contribution in [0.4, 0.5) is 0 Å². The summed E-state index contributed by atoms with van der Waals surface area (Å²) in [5, 5.41) is 2.58. The molecule has 11 nitrogen and oxygen atoms in total. The van der Waals surface area contributed by atoms with Crippen molar-refractivity contribution in [2.45, 2.75) is 213 Å². The number of rotatable bonds is 43. The van der Waals surface area contributed by atoms with E-state index in [4.69, 9.17) is 24.3 Å². The van der Waals surface area contributed by atoms with Gasteiger partial charge in [-0.2, -0.15) is 0 Å². The highest BCUT2D eigenvalue weighted by Crippen LogP contribution is 2.43. The molecule has 0 radical (unpaired) electrons. The Kier molecular flexibility index (Phi) is 40.6. The van der Waals surface area contributed by atoms with Gasteiger partial charge in [0.05, 0.1) is 13.2 Å². The number of carbonyl (C=O) groups excluding carboxylic acids is 3. The summed E-state index contributed by atoms with van der Waals surface area (Å²) in [5.41, 5.74) is 5.41. The maximum atomic E-state index is 12.7. The van der Waals surface area contributed by atoms with Crippen LogP contribution < -0.4 is 11.1 Å². The first-order chi connectivity index (χ1) is 27.7. The number of nitrogens with two attached hydrogens (primary N) is 1. The Balaban J connectivity index is 4.48. The number of ether oxygens (including phenoxy) is 2. The Morgan fingerprint density at radius 1 is 0.579 bits per heavy atom. The molecular formula is C45H85N2O9P. The van der Waals surface area contributed by atoms with E-state index in [-0.39, 0.29) is 44.9 Å². The standard InChI is InChI=1S/C45H85N2O9P/c1-3-5-7-9-11-13-15-17-19-21-23-25-27-29-31-35-44(49)53-40-42(41-55-57(51,52)54-39-38-47-43(48)34-33-37-46)56-45(50)36-32-30-28-26-24-22-20-18-16-14-12-10-8-6-4-2/h17-20,42H,3-16,21-41,46H2,1-2H3,(H,47,48)(H,51,52)/t42-/m1/s1. The highest BCUT2D eigenvalue weighted by atomic mass is 31.2. The molecule has 0 aromatic carbocycles. The number of hydrogen-bond acceptors (Lipinski definition) is 9. The van der Waals surface area contributed by atoms with Crippen LogP contribution in [0.25, 0.3) is 0 Å². The fraction of sp³-hybridized carbons (Fsp3) is 0.844. The minimum Gasteiger partial charge on any atom is -0.462 e. The molecule has 1 unspecified atom stereocenters. The Morgan fingerprint density at radius 2 is 1.02 bits per heavy atom. The van der Waals surface area contributed by atoms with Crippen LogP contribution >= 0.6 is 7.82 Å². The molecule has 0 aromatic rings. The Bertz CT molecular complexity index is 1060. The van der Waals surface area contributed by atoms with E-state index in [2.05, 4.69) is 43.5 Å². The average Bonchev–Trinajstić information content (AvgIpc) is 3.19. The minimum absolute atomic E-state index is 0.0135. The summed E-state index contributed by atoms with van der Waals surface area (Å²) >= 11 is 0. The molecule has 0 saturated carbocycles. The van der Waals surface area contributed by atoms with Crippen LogP contribution in [0.15, 0.2) is 24.3 Å². The molecule has 0 rings (SSSR count). The smallest absolute Gasteiger partial charge is 0.462 e. The fourth-order valence-electron chi connectivity index (χ4n) is 6.22. The zero-order valence-electron chi connectivity index (χ0n) is 36.4. The Hall–Kier alpha value is -2.04. The molecule has 0 heterocycles. The maximum Gasteiger partial charge on any atom is 0.472 e. The molecule has 0 bridgehead atoms. The van der Waals surface area contributed by atoms with Gasteiger partial charge < -0.3 is 25.4 Å². The van der Waals surface area contributed by atoms with Gasteiger partial charge in [-0.05, 0) is 77.2 Å². The van der Waals surface area contributed by atoms with Gasteiger partial charge >= 0.3 is 19.8 Å². The molecule has 4 N–H and O–H groups in total. The quantitative estimate of drug-likeness (QED) is 0.0233. The van der Waals surface area contributed by atoms with Crippen LogP contribution in [-0.2, 0) is 37.5 Å². The highest BCUT2D eigenvalue weighted by Gasteiger charge is 2.26. The van der Waals surface area contributed by atoms with Crippen LogP contribution in [0.1, 0.15) is 206 Å². The number of allylic oxidation sites excluding steroid dienone is 4. The number of phosphoric acid groups is 1. The summed E-state index contributed by atoms with van der Waals surface area (Å²) in [6, 6.07) is 0. The Morgan fingerprint density at radius 3 is 1.49 bits per heavy atom. The highest BCUT2D eigenvalue weighted by molar-refractivity contribution is 7.47. The van der Waals surface area contributed by atoms with Crippen molar-refractivity contribution in [2.75, 3.05) is 32.9 Å². The van der Waals surface area contributed by atoms with E-state index < -0.39 is 32.5 Å². The van der Waals surface area contributed by atoms with Crippen molar-refractivity contribution in [1.29, 1.82) is 0 Å². The molecule has 12 heteroatoms. The predicted molar refractivity (Wildman–Crippen MR) is 233 cm³/mol. The van der Waals surface area contributed by atoms with Crippen LogP contribution in [0.2, 0.25) is 0 Å². The largest absolute Gasteiger partial charge is 0.472 e. The van der Waals surface area contributed by atoms with E-state index >= 15 is 0 Å². The average molecular weight is 829 g/mol. The normalized spacial score (nSPS) is 13.3. The van der Waals surface area contributed by atoms with Gasteiger partial charge in [-0.15, -0.1) is 0 Å². The lowest BCUT2D eigenvalue weighted by molar-refractivity contribution is -0.161. The lowest BCUT2D eigenvalue weighted by Gasteiger charge is -2.20. The van der Waals surface area contributed by atoms with Gasteiger partial charge in [-0.3, -0.25) is 23.4 Å². The second kappa shape index (κ2) is 42.1. The molecule has 0 saturated heterocycles. The molecule has 0 aliphatic heterocycles. The van der Waals surface area contributed by atoms with E-state index in [1.54, 1.807) is 0 Å². The van der Waals surface area contributed by atoms with Crippen molar-refractivity contribution < 1.29 is 42.4 Å². The lowest BCUT2D eigenvalue weighted by Crippen LogP contribution is -2.30. The first-order valence-electron chi connectivity index (χ1n) is 23.0. The molecule has 0 aliphatic rings. The van der Waals surface area contributed by atoms with Gasteiger partial charge in [0, 0.05) is 25.8 Å². The van der Waals surface area contributed by atoms with Crippen LogP contribution in [0.5, 0.6) is 0 Å². The van der Waals surface area contributed by atoms with Gasteiger partial charge in [-0.25, -0.2) is 4.57 Å². The third-order valence-electron chi connectivity index (χ3n) is 9.72. The summed E-state index contributed by atoms with van der Waals surface area (Å²) in [6.07, 6.45) is 39.4. The number of nitrogens with one attached hydrogen (secondary N) is 1. The van der Waals surface area contributed by atoms with E-state index in [0.717, 1.165) is 70.6 Å². The first-order valence-corrected chi connectivity index (χ1v) is 24.5. The summed E-state index contributed by atoms with van der Waals surface area (Å²) in [4.78, 5) is 47.1. The zero-order valence-corrected chi connectivity index (χ0v) is 37.3. The molecular weight excluding hydrogens is 743 g/mol. The molecule has 0 fully saturated rings. The second-order valence-electron chi connectivity index (χ2n) is 15.3. The molecule has 334 valence electrons. The van der Waals surface area contributed by atoms with Crippen molar-refractivity contribution in [3.05, 3.63) is 24.3 Å². The molecule has 0 aromatic heterocycles. The SMILES string of the molecule is CCCCCCCCC=CCCCCCCCC(=O)OC[C@H](COP(=O)(O)OCCNC(=O)CCCN)OC(=O)CCCCCCCC=CCCCCCCCC. The number of phosphoric ester groups is 1. The Labute approximate surface area is 348 Å². The van der Waals surface area contributed by atoms with Gasteiger partial charge in [0.2, 0.25) is 5.91 Å². The summed E-state index contributed by atoms with van der Waals surface area (Å²) < 4.78 is 33.5. The van der Waals surface area contributed by atoms with Gasteiger partial charge in [-0.1, -0.05) is 141 Å². The van der Waals surface area contributed by atoms with Crippen LogP contribution in [-0.4, -0.2) is 61.8 Å². The topological polar surface area (TPSA) is 163 Å². The van der Waals surface area contributed by atoms with Crippen molar-refractivity contribution in [3.63, 3.8) is 0 Å². The molecule has 2 atom stereocenters. The fourth-order valence-corrected chi connectivity index (χ4v) is 6.97. The van der Waals surface area contributed by atoms with Gasteiger partial charge in [0.1, 0.15) is 6.61 Å². The van der Waals surface area contributed by atoms with E-state index in [0.29, 0.717) is 25.8 Å². The van der Waals surface area contributed by atoms with Gasteiger partial charge in [0.25, 0.3) is 0 Å². The molecule has 0 aliphatic carbocycles. The first kappa shape index (κ1) is 55.0. The van der Waals surface area contributed by atoms with Crippen LogP contribution in [0, 0.1) is 0 Å². The van der Waals surface area contributed by atoms with E-state index in [1.165, 1.54) is 83.5 Å². The third-order valence-corrected chi connectivity index (χ3v) is 10.7. The van der Waals surface area contributed by atoms with Gasteiger partial charge in [0.15, 0.2) is 6.10 Å². The van der Waals surface area contributed by atoms with Crippen molar-refractivity contribution >= 4 is 25.7 Å². The summed E-state index contributed by atoms with van der Waals surface area (Å²) in [5.74, 6) is -1.14. The van der Waals surface area contributed by atoms with E-state index in [9.17, 15) is 23.8 Å². The van der Waals surface area contributed by atoms with Crippen molar-refractivity contribution in [1.82, 2.24) is 5.32 Å². The third kappa shape index (κ3) is 41.9. The zero-order chi connectivity index (χ0) is 41.9. The monoisotopic (exact) mass is 829 g/mol. The molecule has 57 heavy (non-hydrogen) atoms. The van der Waals surface area contributed by atoms with Crippen molar-refractivity contribution in [2.24, 2.45) is 5.73 Å². The summed E-state index contributed by atoms with van der Waals surface area (Å²) in [6.45, 7) is 3.85. The number of esters is 2.